The predicted molar refractivity (Wildman–Crippen MR) is 127 cm³/mol. The van der Waals surface area contributed by atoms with E-state index in [0.717, 1.165) is 28.7 Å². The lowest BCUT2D eigenvalue weighted by molar-refractivity contribution is -0.137. The summed E-state index contributed by atoms with van der Waals surface area (Å²) in [7, 11) is 2.83. The first-order chi connectivity index (χ1) is 17.1. The number of Topliss-reactive ketones (excluding diaryl/α,β-unsaturated/α-hetero) is 1. The second-order valence-electron chi connectivity index (χ2n) is 8.20. The minimum atomic E-state index is -4.66. The minimum Gasteiger partial charge on any atom is -0.507 e. The van der Waals surface area contributed by atoms with Crippen molar-refractivity contribution >= 4 is 23.1 Å². The normalized spacial score (nSPS) is 17.4. The summed E-state index contributed by atoms with van der Waals surface area (Å²) in [4.78, 5) is 27.4. The summed E-state index contributed by atoms with van der Waals surface area (Å²) >= 11 is 0. The van der Waals surface area contributed by atoms with Crippen LogP contribution >= 0.6 is 0 Å². The predicted octanol–water partition coefficient (Wildman–Crippen LogP) is 5.66. The van der Waals surface area contributed by atoms with Crippen molar-refractivity contribution in [3.05, 3.63) is 94.6 Å². The maximum atomic E-state index is 13.4. The highest BCUT2D eigenvalue weighted by Gasteiger charge is 2.47. The second-order valence-corrected chi connectivity index (χ2v) is 8.20. The number of ketones is 1. The van der Waals surface area contributed by atoms with Gasteiger partial charge < -0.3 is 14.6 Å². The number of halogens is 3. The van der Waals surface area contributed by atoms with E-state index in [-0.39, 0.29) is 22.6 Å². The van der Waals surface area contributed by atoms with Gasteiger partial charge >= 0.3 is 6.18 Å². The van der Waals surface area contributed by atoms with E-state index in [2.05, 4.69) is 0 Å². The lowest BCUT2D eigenvalue weighted by atomic mass is 9.94. The average Bonchev–Trinajstić information content (AvgIpc) is 3.13. The molecule has 1 unspecified atom stereocenters. The zero-order valence-corrected chi connectivity index (χ0v) is 19.6. The van der Waals surface area contributed by atoms with E-state index >= 15 is 0 Å². The Hall–Kier alpha value is -4.27. The van der Waals surface area contributed by atoms with Crippen LogP contribution in [0.4, 0.5) is 18.9 Å². The van der Waals surface area contributed by atoms with Crippen molar-refractivity contribution in [1.29, 1.82) is 0 Å². The maximum Gasteiger partial charge on any atom is 0.416 e. The van der Waals surface area contributed by atoms with Crippen LogP contribution in [0.15, 0.2) is 72.3 Å². The molecule has 1 saturated heterocycles. The number of hydrogen-bond donors (Lipinski definition) is 1. The van der Waals surface area contributed by atoms with Crippen molar-refractivity contribution in [2.75, 3.05) is 19.1 Å². The summed E-state index contributed by atoms with van der Waals surface area (Å²) in [5.41, 5.74) is 0.146. The first-order valence-corrected chi connectivity index (χ1v) is 10.8. The van der Waals surface area contributed by atoms with Crippen LogP contribution in [0.5, 0.6) is 11.5 Å². The molecule has 1 aliphatic rings. The first kappa shape index (κ1) is 24.8. The largest absolute Gasteiger partial charge is 0.507 e. The average molecular weight is 497 g/mol. The molecule has 1 N–H and O–H groups in total. The molecule has 3 aromatic carbocycles. The number of amides is 1. The van der Waals surface area contributed by atoms with E-state index in [1.807, 2.05) is 6.92 Å². The molecule has 4 rings (SSSR count). The van der Waals surface area contributed by atoms with Crippen LogP contribution in [-0.4, -0.2) is 31.0 Å². The van der Waals surface area contributed by atoms with Crippen LogP contribution in [0, 0.1) is 6.92 Å². The van der Waals surface area contributed by atoms with Gasteiger partial charge in [0.2, 0.25) is 0 Å². The molecular weight excluding hydrogens is 475 g/mol. The molecule has 0 bridgehead atoms. The number of hydrogen-bond acceptors (Lipinski definition) is 5. The first-order valence-electron chi connectivity index (χ1n) is 10.8. The van der Waals surface area contributed by atoms with Crippen LogP contribution in [0.25, 0.3) is 5.76 Å². The molecule has 0 spiro atoms. The zero-order valence-electron chi connectivity index (χ0n) is 19.6. The van der Waals surface area contributed by atoms with Crippen molar-refractivity contribution in [1.82, 2.24) is 0 Å². The van der Waals surface area contributed by atoms with E-state index in [9.17, 15) is 27.9 Å². The molecule has 0 aromatic heterocycles. The quantitative estimate of drug-likeness (QED) is 0.280. The van der Waals surface area contributed by atoms with E-state index in [1.54, 1.807) is 36.4 Å². The Morgan fingerprint density at radius 3 is 2.19 bits per heavy atom. The highest BCUT2D eigenvalue weighted by molar-refractivity contribution is 6.51. The molecule has 1 atom stereocenters. The molecule has 3 aromatic rings. The van der Waals surface area contributed by atoms with Crippen molar-refractivity contribution in [3.63, 3.8) is 0 Å². The summed E-state index contributed by atoms with van der Waals surface area (Å²) in [5, 5.41) is 11.2. The molecule has 0 radical (unpaired) electrons. The molecule has 0 aliphatic carbocycles. The standard InChI is InChI=1S/C27H22F3NO5/c1-15-7-9-16(10-8-15)24(32)22-23(17-11-12-20(35-2)21(13-17)36-3)31(26(34)25(22)33)19-6-4-5-18(14-19)27(28,29)30/h4-14,23,32H,1-3H3/b24-22+. The van der Waals surface area contributed by atoms with Gasteiger partial charge in [-0.15, -0.1) is 0 Å². The zero-order chi connectivity index (χ0) is 26.2. The van der Waals surface area contributed by atoms with E-state index in [1.165, 1.54) is 26.4 Å². The number of benzene rings is 3. The second kappa shape index (κ2) is 9.41. The smallest absolute Gasteiger partial charge is 0.416 e. The molecule has 9 heteroatoms. The Balaban J connectivity index is 1.97. The van der Waals surface area contributed by atoms with E-state index < -0.39 is 35.2 Å². The number of carbonyl (C=O) groups excluding carboxylic acids is 2. The van der Waals surface area contributed by atoms with Gasteiger partial charge in [0.1, 0.15) is 5.76 Å². The topological polar surface area (TPSA) is 76.1 Å². The summed E-state index contributed by atoms with van der Waals surface area (Å²) in [6.45, 7) is 1.85. The molecule has 1 amide bonds. The van der Waals surface area contributed by atoms with Gasteiger partial charge in [-0.05, 0) is 42.8 Å². The third-order valence-electron chi connectivity index (χ3n) is 5.94. The number of anilines is 1. The van der Waals surface area contributed by atoms with Gasteiger partial charge in [-0.3, -0.25) is 14.5 Å². The van der Waals surface area contributed by atoms with Crippen LogP contribution in [0.1, 0.15) is 28.3 Å². The van der Waals surface area contributed by atoms with Gasteiger partial charge in [0, 0.05) is 11.3 Å². The van der Waals surface area contributed by atoms with Gasteiger partial charge in [0.15, 0.2) is 11.5 Å². The molecule has 6 nitrogen and oxygen atoms in total. The maximum absolute atomic E-state index is 13.4. The number of aryl methyl sites for hydroxylation is 1. The number of aliphatic hydroxyl groups excluding tert-OH is 1. The van der Waals surface area contributed by atoms with Gasteiger partial charge in [-0.2, -0.15) is 13.2 Å². The molecule has 1 heterocycles. The molecular formula is C27H22F3NO5. The number of ether oxygens (including phenoxy) is 2. The summed E-state index contributed by atoms with van der Waals surface area (Å²) in [6.07, 6.45) is -4.66. The monoisotopic (exact) mass is 497 g/mol. The highest BCUT2D eigenvalue weighted by Crippen LogP contribution is 2.45. The lowest BCUT2D eigenvalue weighted by Gasteiger charge is -2.26. The Kier molecular flexibility index (Phi) is 6.49. The van der Waals surface area contributed by atoms with Gasteiger partial charge in [-0.1, -0.05) is 42.0 Å². The van der Waals surface area contributed by atoms with Crippen LogP contribution in [-0.2, 0) is 15.8 Å². The highest BCUT2D eigenvalue weighted by atomic mass is 19.4. The summed E-state index contributed by atoms with van der Waals surface area (Å²) < 4.78 is 50.9. The van der Waals surface area contributed by atoms with Gasteiger partial charge in [0.25, 0.3) is 11.7 Å². The fraction of sp³-hybridized carbons (Fsp3) is 0.185. The Morgan fingerprint density at radius 1 is 0.917 bits per heavy atom. The van der Waals surface area contributed by atoms with Gasteiger partial charge in [-0.25, -0.2) is 0 Å². The molecule has 1 aliphatic heterocycles. The fourth-order valence-electron chi connectivity index (χ4n) is 4.14. The van der Waals surface area contributed by atoms with Crippen LogP contribution in [0.2, 0.25) is 0 Å². The van der Waals surface area contributed by atoms with Crippen LogP contribution < -0.4 is 14.4 Å². The third-order valence-corrected chi connectivity index (χ3v) is 5.94. The summed E-state index contributed by atoms with van der Waals surface area (Å²) in [6, 6.07) is 14.2. The number of alkyl halides is 3. The van der Waals surface area contributed by atoms with E-state index in [4.69, 9.17) is 9.47 Å². The van der Waals surface area contributed by atoms with Crippen molar-refractivity contribution in [2.24, 2.45) is 0 Å². The molecule has 36 heavy (non-hydrogen) atoms. The lowest BCUT2D eigenvalue weighted by Crippen LogP contribution is -2.29. The summed E-state index contributed by atoms with van der Waals surface area (Å²) in [5.74, 6) is -1.88. The van der Waals surface area contributed by atoms with Crippen molar-refractivity contribution < 1.29 is 37.3 Å². The number of rotatable bonds is 5. The Morgan fingerprint density at radius 2 is 1.58 bits per heavy atom. The number of nitrogens with zero attached hydrogens (tertiary/aromatic N) is 1. The molecule has 0 saturated carbocycles. The van der Waals surface area contributed by atoms with Gasteiger partial charge in [0.05, 0.1) is 31.4 Å². The minimum absolute atomic E-state index is 0.144. The van der Waals surface area contributed by atoms with E-state index in [0.29, 0.717) is 11.3 Å². The Labute approximate surface area is 205 Å². The van der Waals surface area contributed by atoms with Crippen molar-refractivity contribution in [2.45, 2.75) is 19.1 Å². The fourth-order valence-corrected chi connectivity index (χ4v) is 4.14. The van der Waals surface area contributed by atoms with Crippen molar-refractivity contribution in [3.8, 4) is 11.5 Å². The molecule has 1 fully saturated rings. The Bertz CT molecular complexity index is 1360. The number of methoxy groups -OCH3 is 2. The number of aliphatic hydroxyl groups is 1. The number of carbonyl (C=O) groups is 2. The third kappa shape index (κ3) is 4.39. The molecule has 186 valence electrons. The SMILES string of the molecule is COc1ccc(C2/C(=C(\O)c3ccc(C)cc3)C(=O)C(=O)N2c2cccc(C(F)(F)F)c2)cc1OC. The van der Waals surface area contributed by atoms with Crippen LogP contribution in [0.3, 0.4) is 0 Å².